The SMILES string of the molecule is CCCNC1CC(C)CC(C)C1S(=O)(=O)C1CCCC1. The van der Waals surface area contributed by atoms with Crippen LogP contribution in [0.4, 0.5) is 0 Å². The Morgan fingerprint density at radius 1 is 1.10 bits per heavy atom. The van der Waals surface area contributed by atoms with E-state index in [-0.39, 0.29) is 16.5 Å². The Labute approximate surface area is 124 Å². The lowest BCUT2D eigenvalue weighted by atomic mass is 9.80. The molecule has 0 amide bonds. The van der Waals surface area contributed by atoms with Gasteiger partial charge in [0.25, 0.3) is 0 Å². The minimum absolute atomic E-state index is 0.0608. The third-order valence-corrected chi connectivity index (χ3v) is 8.14. The summed E-state index contributed by atoms with van der Waals surface area (Å²) in [7, 11) is -2.98. The second-order valence-electron chi connectivity index (χ2n) is 7.07. The summed E-state index contributed by atoms with van der Waals surface area (Å²) >= 11 is 0. The van der Waals surface area contributed by atoms with E-state index in [1.807, 2.05) is 0 Å². The van der Waals surface area contributed by atoms with Crippen LogP contribution < -0.4 is 5.32 Å². The van der Waals surface area contributed by atoms with Crippen molar-refractivity contribution < 1.29 is 8.42 Å². The standard InChI is InChI=1S/C16H31NO2S/c1-4-9-17-15-11-12(2)10-13(3)16(15)20(18,19)14-7-5-6-8-14/h12-17H,4-11H2,1-3H3. The van der Waals surface area contributed by atoms with Gasteiger partial charge in [-0.3, -0.25) is 0 Å². The highest BCUT2D eigenvalue weighted by molar-refractivity contribution is 7.92. The highest BCUT2D eigenvalue weighted by atomic mass is 32.2. The maximum atomic E-state index is 13.0. The molecule has 0 radical (unpaired) electrons. The van der Waals surface area contributed by atoms with E-state index in [1.54, 1.807) is 0 Å². The molecule has 2 saturated carbocycles. The van der Waals surface area contributed by atoms with Gasteiger partial charge in [-0.25, -0.2) is 8.42 Å². The summed E-state index contributed by atoms with van der Waals surface area (Å²) in [6.07, 6.45) is 7.10. The van der Waals surface area contributed by atoms with Gasteiger partial charge in [-0.05, 0) is 50.5 Å². The largest absolute Gasteiger partial charge is 0.313 e. The molecule has 3 nitrogen and oxygen atoms in total. The van der Waals surface area contributed by atoms with Crippen LogP contribution in [0, 0.1) is 11.8 Å². The highest BCUT2D eigenvalue weighted by Gasteiger charge is 2.45. The van der Waals surface area contributed by atoms with Crippen molar-refractivity contribution in [3.8, 4) is 0 Å². The maximum Gasteiger partial charge on any atom is 0.157 e. The summed E-state index contributed by atoms with van der Waals surface area (Å²) in [5, 5.41) is 3.31. The predicted molar refractivity (Wildman–Crippen MR) is 84.6 cm³/mol. The molecule has 2 rings (SSSR count). The molecule has 20 heavy (non-hydrogen) atoms. The Hall–Kier alpha value is -0.0900. The number of sulfone groups is 1. The van der Waals surface area contributed by atoms with Gasteiger partial charge >= 0.3 is 0 Å². The normalized spacial score (nSPS) is 36.4. The van der Waals surface area contributed by atoms with Crippen molar-refractivity contribution in [3.05, 3.63) is 0 Å². The van der Waals surface area contributed by atoms with Crippen molar-refractivity contribution in [1.29, 1.82) is 0 Å². The van der Waals surface area contributed by atoms with Crippen LogP contribution in [0.25, 0.3) is 0 Å². The predicted octanol–water partition coefficient (Wildman–Crippen LogP) is 3.15. The van der Waals surface area contributed by atoms with Gasteiger partial charge in [-0.1, -0.05) is 33.6 Å². The van der Waals surface area contributed by atoms with E-state index in [0.717, 1.165) is 51.5 Å². The summed E-state index contributed by atoms with van der Waals surface area (Å²) in [6, 6.07) is 0.166. The van der Waals surface area contributed by atoms with Gasteiger partial charge in [0.2, 0.25) is 0 Å². The average molecular weight is 301 g/mol. The Morgan fingerprint density at radius 2 is 1.75 bits per heavy atom. The monoisotopic (exact) mass is 301 g/mol. The molecule has 4 heteroatoms. The lowest BCUT2D eigenvalue weighted by Crippen LogP contribution is -2.53. The summed E-state index contributed by atoms with van der Waals surface area (Å²) < 4.78 is 26.1. The van der Waals surface area contributed by atoms with Crippen LogP contribution in [0.5, 0.6) is 0 Å². The summed E-state index contributed by atoms with van der Waals surface area (Å²) in [5.41, 5.74) is 0. The molecule has 1 N–H and O–H groups in total. The third-order valence-electron chi connectivity index (χ3n) is 5.19. The summed E-state index contributed by atoms with van der Waals surface area (Å²) in [4.78, 5) is 0. The van der Waals surface area contributed by atoms with E-state index in [4.69, 9.17) is 0 Å². The van der Waals surface area contributed by atoms with Crippen molar-refractivity contribution in [3.63, 3.8) is 0 Å². The van der Waals surface area contributed by atoms with Crippen molar-refractivity contribution in [2.24, 2.45) is 11.8 Å². The van der Waals surface area contributed by atoms with Gasteiger partial charge in [-0.2, -0.15) is 0 Å². The van der Waals surface area contributed by atoms with Crippen molar-refractivity contribution >= 4 is 9.84 Å². The molecule has 4 atom stereocenters. The fourth-order valence-electron chi connectivity index (χ4n) is 4.35. The van der Waals surface area contributed by atoms with Gasteiger partial charge in [0, 0.05) is 6.04 Å². The van der Waals surface area contributed by atoms with Crippen molar-refractivity contribution in [1.82, 2.24) is 5.32 Å². The number of rotatable bonds is 5. The van der Waals surface area contributed by atoms with Gasteiger partial charge in [0.05, 0.1) is 10.5 Å². The Kier molecular flexibility index (Phi) is 5.52. The smallest absolute Gasteiger partial charge is 0.157 e. The first-order valence-corrected chi connectivity index (χ1v) is 10.0. The molecular weight excluding hydrogens is 270 g/mol. The van der Waals surface area contributed by atoms with Crippen LogP contribution in [0.3, 0.4) is 0 Å². The third kappa shape index (κ3) is 3.38. The zero-order chi connectivity index (χ0) is 14.8. The van der Waals surface area contributed by atoms with E-state index >= 15 is 0 Å². The van der Waals surface area contributed by atoms with Crippen LogP contribution in [0.1, 0.15) is 65.7 Å². The molecule has 118 valence electrons. The lowest BCUT2D eigenvalue weighted by Gasteiger charge is -2.40. The molecule has 4 unspecified atom stereocenters. The van der Waals surface area contributed by atoms with Crippen LogP contribution in [0.2, 0.25) is 0 Å². The first-order chi connectivity index (χ1) is 9.46. The quantitative estimate of drug-likeness (QED) is 0.848. The molecule has 0 aromatic rings. The van der Waals surface area contributed by atoms with E-state index in [1.165, 1.54) is 0 Å². The van der Waals surface area contributed by atoms with Crippen LogP contribution in [-0.2, 0) is 9.84 Å². The maximum absolute atomic E-state index is 13.0. The fraction of sp³-hybridized carbons (Fsp3) is 1.00. The molecule has 2 aliphatic rings. The second kappa shape index (κ2) is 6.78. The minimum Gasteiger partial charge on any atom is -0.313 e. The molecule has 0 aromatic heterocycles. The Bertz CT molecular complexity index is 401. The molecule has 0 aromatic carbocycles. The van der Waals surface area contributed by atoms with Crippen LogP contribution in [-0.4, -0.2) is 31.5 Å². The molecule has 0 aliphatic heterocycles. The first-order valence-electron chi connectivity index (χ1n) is 8.42. The molecule has 2 aliphatic carbocycles. The summed E-state index contributed by atoms with van der Waals surface area (Å²) in [5.74, 6) is 0.924. The molecule has 0 bridgehead atoms. The van der Waals surface area contributed by atoms with Gasteiger partial charge in [-0.15, -0.1) is 0 Å². The van der Waals surface area contributed by atoms with Crippen LogP contribution in [0.15, 0.2) is 0 Å². The van der Waals surface area contributed by atoms with Gasteiger partial charge in [0.15, 0.2) is 9.84 Å². The molecule has 0 heterocycles. The van der Waals surface area contributed by atoms with Gasteiger partial charge in [0.1, 0.15) is 0 Å². The Morgan fingerprint density at radius 3 is 2.35 bits per heavy atom. The first kappa shape index (κ1) is 16.3. The van der Waals surface area contributed by atoms with Crippen molar-refractivity contribution in [2.75, 3.05) is 6.54 Å². The zero-order valence-corrected chi connectivity index (χ0v) is 14.1. The fourth-order valence-corrected chi connectivity index (χ4v) is 7.21. The highest BCUT2D eigenvalue weighted by Crippen LogP contribution is 2.38. The van der Waals surface area contributed by atoms with Gasteiger partial charge < -0.3 is 5.32 Å². The molecular formula is C16H31NO2S. The summed E-state index contributed by atoms with van der Waals surface area (Å²) in [6.45, 7) is 7.48. The topological polar surface area (TPSA) is 46.2 Å². The minimum atomic E-state index is -2.98. The number of hydrogen-bond acceptors (Lipinski definition) is 3. The van der Waals surface area contributed by atoms with E-state index < -0.39 is 9.84 Å². The average Bonchev–Trinajstić information content (AvgIpc) is 2.89. The molecule has 0 saturated heterocycles. The van der Waals surface area contributed by atoms with Crippen molar-refractivity contribution in [2.45, 2.75) is 82.3 Å². The van der Waals surface area contributed by atoms with E-state index in [2.05, 4.69) is 26.1 Å². The Balaban J connectivity index is 2.19. The van der Waals surface area contributed by atoms with E-state index in [9.17, 15) is 8.42 Å². The molecule has 0 spiro atoms. The van der Waals surface area contributed by atoms with Crippen LogP contribution >= 0.6 is 0 Å². The number of nitrogens with one attached hydrogen (secondary N) is 1. The lowest BCUT2D eigenvalue weighted by molar-refractivity contribution is 0.241. The number of hydrogen-bond donors (Lipinski definition) is 1. The zero-order valence-electron chi connectivity index (χ0n) is 13.3. The second-order valence-corrected chi connectivity index (χ2v) is 9.46. The molecule has 2 fully saturated rings. The van der Waals surface area contributed by atoms with E-state index in [0.29, 0.717) is 11.8 Å².